The molecule has 0 aliphatic heterocycles. The van der Waals surface area contributed by atoms with Gasteiger partial charge in [0.1, 0.15) is 0 Å². The molecular weight excluding hydrogens is 425 g/mol. The quantitative estimate of drug-likeness (QED) is 0.645. The summed E-state index contributed by atoms with van der Waals surface area (Å²) in [4.78, 5) is 37.1. The van der Waals surface area contributed by atoms with Gasteiger partial charge in [-0.3, -0.25) is 14.4 Å². The number of amides is 2. The maximum Gasteiger partial charge on any atom is 0.418 e. The van der Waals surface area contributed by atoms with Crippen LogP contribution in [-0.2, 0) is 6.18 Å². The van der Waals surface area contributed by atoms with E-state index in [2.05, 4.69) is 15.7 Å². The Morgan fingerprint density at radius 3 is 2.34 bits per heavy atom. The zero-order valence-electron chi connectivity index (χ0n) is 17.4. The molecule has 0 saturated carbocycles. The zero-order valence-corrected chi connectivity index (χ0v) is 17.4. The lowest BCUT2D eigenvalue weighted by Gasteiger charge is -2.17. The zero-order chi connectivity index (χ0) is 23.6. The van der Waals surface area contributed by atoms with Crippen molar-refractivity contribution in [1.82, 2.24) is 15.1 Å². The highest BCUT2D eigenvalue weighted by Gasteiger charge is 2.34. The number of halogens is 3. The van der Waals surface area contributed by atoms with E-state index in [1.807, 2.05) is 0 Å². The molecule has 0 atom stereocenters. The van der Waals surface area contributed by atoms with Crippen molar-refractivity contribution in [1.29, 1.82) is 0 Å². The fourth-order valence-corrected chi connectivity index (χ4v) is 3.07. The minimum absolute atomic E-state index is 0.126. The first-order valence-corrected chi connectivity index (χ1v) is 9.44. The number of alkyl halides is 3. The molecule has 0 aliphatic rings. The van der Waals surface area contributed by atoms with Crippen LogP contribution in [0.4, 0.5) is 18.9 Å². The summed E-state index contributed by atoms with van der Waals surface area (Å²) >= 11 is 0. The van der Waals surface area contributed by atoms with E-state index >= 15 is 0 Å². The predicted molar refractivity (Wildman–Crippen MR) is 112 cm³/mol. The second-order valence-electron chi connectivity index (χ2n) is 6.99. The van der Waals surface area contributed by atoms with Crippen LogP contribution in [-0.4, -0.2) is 28.6 Å². The highest BCUT2D eigenvalue weighted by Crippen LogP contribution is 2.33. The second kappa shape index (κ2) is 8.66. The van der Waals surface area contributed by atoms with Gasteiger partial charge < -0.3 is 10.6 Å². The Morgan fingerprint density at radius 2 is 1.69 bits per heavy atom. The number of carbonyl (C=O) groups excluding carboxylic acids is 2. The Bertz CT molecular complexity index is 1270. The van der Waals surface area contributed by atoms with E-state index in [9.17, 15) is 27.6 Å². The molecule has 0 saturated heterocycles. The molecule has 3 aromatic rings. The number of benzene rings is 2. The minimum Gasteiger partial charge on any atom is -0.355 e. The third-order valence-electron chi connectivity index (χ3n) is 4.74. The first-order valence-electron chi connectivity index (χ1n) is 9.44. The number of aromatic nitrogens is 2. The predicted octanol–water partition coefficient (Wildman–Crippen LogP) is 3.48. The molecule has 0 radical (unpaired) electrons. The average Bonchev–Trinajstić information content (AvgIpc) is 2.74. The Morgan fingerprint density at radius 1 is 1.00 bits per heavy atom. The van der Waals surface area contributed by atoms with Gasteiger partial charge in [0.05, 0.1) is 11.3 Å². The Labute approximate surface area is 180 Å². The number of nitrogens with zero attached hydrogens (tertiary/aromatic N) is 2. The van der Waals surface area contributed by atoms with Gasteiger partial charge in [0.2, 0.25) is 5.43 Å². The van der Waals surface area contributed by atoms with Crippen LogP contribution in [0.15, 0.2) is 53.3 Å². The fourth-order valence-electron chi connectivity index (χ4n) is 3.07. The van der Waals surface area contributed by atoms with Crippen molar-refractivity contribution in [2.45, 2.75) is 20.0 Å². The standard InChI is InChI=1S/C22H19F3N4O3/c1-12-8-9-14(20(31)26-3)11-16(12)27-21(32)19-18(30)10-13(2)29(28-19)17-7-5-4-6-15(17)22(23,24)25/h4-11H,1-3H3,(H,26,31)(H,27,32). The first-order chi connectivity index (χ1) is 15.0. The smallest absolute Gasteiger partial charge is 0.355 e. The van der Waals surface area contributed by atoms with Crippen molar-refractivity contribution in [3.63, 3.8) is 0 Å². The summed E-state index contributed by atoms with van der Waals surface area (Å²) in [6.45, 7) is 3.10. The van der Waals surface area contributed by atoms with E-state index in [1.54, 1.807) is 19.1 Å². The SMILES string of the molecule is CNC(=O)c1ccc(C)c(NC(=O)c2nn(-c3ccccc3C(F)(F)F)c(C)cc2=O)c1. The monoisotopic (exact) mass is 444 g/mol. The van der Waals surface area contributed by atoms with Gasteiger partial charge in [0.25, 0.3) is 11.8 Å². The normalized spacial score (nSPS) is 11.2. The molecule has 3 rings (SSSR count). The maximum atomic E-state index is 13.5. The number of rotatable bonds is 4. The summed E-state index contributed by atoms with van der Waals surface area (Å²) in [5.41, 5.74) is -1.33. The van der Waals surface area contributed by atoms with Crippen molar-refractivity contribution < 1.29 is 22.8 Å². The molecule has 2 amide bonds. The lowest BCUT2D eigenvalue weighted by Crippen LogP contribution is -2.28. The molecule has 0 aliphatic carbocycles. The minimum atomic E-state index is -4.66. The summed E-state index contributed by atoms with van der Waals surface area (Å²) in [5, 5.41) is 8.90. The van der Waals surface area contributed by atoms with Gasteiger partial charge in [-0.25, -0.2) is 4.68 Å². The Hall–Kier alpha value is -3.95. The van der Waals surface area contributed by atoms with E-state index < -0.39 is 28.8 Å². The number of para-hydroxylation sites is 1. The molecule has 2 N–H and O–H groups in total. The summed E-state index contributed by atoms with van der Waals surface area (Å²) < 4.78 is 41.3. The lowest BCUT2D eigenvalue weighted by atomic mass is 10.1. The van der Waals surface area contributed by atoms with Crippen molar-refractivity contribution in [3.8, 4) is 5.69 Å². The van der Waals surface area contributed by atoms with E-state index in [0.29, 0.717) is 5.56 Å². The summed E-state index contributed by atoms with van der Waals surface area (Å²) in [5.74, 6) is -1.29. The van der Waals surface area contributed by atoms with Gasteiger partial charge >= 0.3 is 6.18 Å². The van der Waals surface area contributed by atoms with Gasteiger partial charge in [-0.2, -0.15) is 18.3 Å². The molecule has 166 valence electrons. The second-order valence-corrected chi connectivity index (χ2v) is 6.99. The van der Waals surface area contributed by atoms with Crippen LogP contribution in [0.2, 0.25) is 0 Å². The van der Waals surface area contributed by atoms with Crippen LogP contribution >= 0.6 is 0 Å². The van der Waals surface area contributed by atoms with Crippen molar-refractivity contribution in [2.75, 3.05) is 12.4 Å². The van der Waals surface area contributed by atoms with Gasteiger partial charge in [0, 0.05) is 30.1 Å². The number of hydrogen-bond acceptors (Lipinski definition) is 4. The molecule has 10 heteroatoms. The third-order valence-corrected chi connectivity index (χ3v) is 4.74. The first kappa shape index (κ1) is 22.7. The highest BCUT2D eigenvalue weighted by atomic mass is 19.4. The van der Waals surface area contributed by atoms with Gasteiger partial charge in [0.15, 0.2) is 5.69 Å². The van der Waals surface area contributed by atoms with Crippen molar-refractivity contribution in [2.24, 2.45) is 0 Å². The highest BCUT2D eigenvalue weighted by molar-refractivity contribution is 6.04. The number of hydrogen-bond donors (Lipinski definition) is 2. The maximum absolute atomic E-state index is 13.5. The Kier molecular flexibility index (Phi) is 6.15. The van der Waals surface area contributed by atoms with Crippen LogP contribution in [0.25, 0.3) is 5.69 Å². The summed E-state index contributed by atoms with van der Waals surface area (Å²) in [7, 11) is 1.46. The molecule has 32 heavy (non-hydrogen) atoms. The number of carbonyl (C=O) groups is 2. The molecule has 0 unspecified atom stereocenters. The van der Waals surface area contributed by atoms with E-state index in [-0.39, 0.29) is 28.5 Å². The van der Waals surface area contributed by atoms with E-state index in [4.69, 9.17) is 0 Å². The molecule has 0 bridgehead atoms. The van der Waals surface area contributed by atoms with Gasteiger partial charge in [-0.1, -0.05) is 18.2 Å². The van der Waals surface area contributed by atoms with Gasteiger partial charge in [-0.15, -0.1) is 0 Å². The fraction of sp³-hybridized carbons (Fsp3) is 0.182. The van der Waals surface area contributed by atoms with Crippen LogP contribution in [0.5, 0.6) is 0 Å². The molecule has 1 aromatic heterocycles. The van der Waals surface area contributed by atoms with E-state index in [1.165, 1.54) is 38.2 Å². The third kappa shape index (κ3) is 4.53. The largest absolute Gasteiger partial charge is 0.418 e. The molecule has 0 fully saturated rings. The van der Waals surface area contributed by atoms with Crippen LogP contribution < -0.4 is 16.1 Å². The number of aryl methyl sites for hydroxylation is 2. The van der Waals surface area contributed by atoms with Crippen LogP contribution in [0.3, 0.4) is 0 Å². The van der Waals surface area contributed by atoms with Crippen LogP contribution in [0.1, 0.15) is 37.7 Å². The van der Waals surface area contributed by atoms with Crippen molar-refractivity contribution in [3.05, 3.63) is 86.8 Å². The molecule has 2 aromatic carbocycles. The van der Waals surface area contributed by atoms with Crippen molar-refractivity contribution >= 4 is 17.5 Å². The lowest BCUT2D eigenvalue weighted by molar-refractivity contribution is -0.137. The molecule has 0 spiro atoms. The molecule has 7 nitrogen and oxygen atoms in total. The van der Waals surface area contributed by atoms with E-state index in [0.717, 1.165) is 16.8 Å². The summed E-state index contributed by atoms with van der Waals surface area (Å²) in [6, 6.07) is 10.4. The van der Waals surface area contributed by atoms with Crippen LogP contribution in [0, 0.1) is 13.8 Å². The molecule has 1 heterocycles. The molecular formula is C22H19F3N4O3. The topological polar surface area (TPSA) is 93.1 Å². The average molecular weight is 444 g/mol. The number of nitrogens with one attached hydrogen (secondary N) is 2. The van der Waals surface area contributed by atoms with Gasteiger partial charge in [-0.05, 0) is 43.7 Å². The Balaban J connectivity index is 2.06. The summed E-state index contributed by atoms with van der Waals surface area (Å²) in [6.07, 6.45) is -4.66. The number of anilines is 1.